The van der Waals surface area contributed by atoms with Crippen LogP contribution in [0.2, 0.25) is 0 Å². The maximum Gasteiger partial charge on any atom is 0.305 e. The lowest BCUT2D eigenvalue weighted by atomic mass is 10.1. The van der Waals surface area contributed by atoms with Crippen LogP contribution in [0.5, 0.6) is 0 Å². The van der Waals surface area contributed by atoms with Crippen LogP contribution in [0.4, 0.5) is 10.1 Å². The Bertz CT molecular complexity index is 574. The highest BCUT2D eigenvalue weighted by Gasteiger charge is 2.15. The van der Waals surface area contributed by atoms with Crippen molar-refractivity contribution in [2.45, 2.75) is 30.7 Å². The molecule has 0 aliphatic heterocycles. The molecule has 0 spiro atoms. The van der Waals surface area contributed by atoms with Crippen molar-refractivity contribution in [2.24, 2.45) is 5.14 Å². The van der Waals surface area contributed by atoms with E-state index in [9.17, 15) is 17.6 Å². The van der Waals surface area contributed by atoms with Crippen LogP contribution in [0.3, 0.4) is 0 Å². The van der Waals surface area contributed by atoms with Gasteiger partial charge in [0, 0.05) is 6.04 Å². The second-order valence-corrected chi connectivity index (χ2v) is 5.60. The first-order valence-corrected chi connectivity index (χ1v) is 7.09. The van der Waals surface area contributed by atoms with E-state index in [4.69, 9.17) is 10.2 Å². The molecule has 0 aliphatic carbocycles. The van der Waals surface area contributed by atoms with Crippen molar-refractivity contribution in [1.82, 2.24) is 0 Å². The average Bonchev–Trinajstić information content (AvgIpc) is 2.28. The molecule has 1 aromatic rings. The van der Waals surface area contributed by atoms with Gasteiger partial charge in [0.1, 0.15) is 5.82 Å². The normalized spacial score (nSPS) is 13.0. The second-order valence-electron chi connectivity index (χ2n) is 4.03. The van der Waals surface area contributed by atoms with Crippen LogP contribution in [-0.4, -0.2) is 25.5 Å². The highest BCUT2D eigenvalue weighted by Crippen LogP contribution is 2.20. The highest BCUT2D eigenvalue weighted by molar-refractivity contribution is 7.89. The van der Waals surface area contributed by atoms with Crippen molar-refractivity contribution in [3.63, 3.8) is 0 Å². The predicted molar refractivity (Wildman–Crippen MR) is 67.7 cm³/mol. The summed E-state index contributed by atoms with van der Waals surface area (Å²) in [7, 11) is -3.96. The quantitative estimate of drug-likeness (QED) is 0.727. The van der Waals surface area contributed by atoms with Gasteiger partial charge in [-0.2, -0.15) is 0 Å². The summed E-state index contributed by atoms with van der Waals surface area (Å²) in [6.45, 7) is 1.76. The van der Waals surface area contributed by atoms with Gasteiger partial charge in [-0.05, 0) is 24.6 Å². The third-order valence-electron chi connectivity index (χ3n) is 2.54. The zero-order chi connectivity index (χ0) is 14.6. The monoisotopic (exact) mass is 290 g/mol. The molecule has 1 unspecified atom stereocenters. The molecular weight excluding hydrogens is 275 g/mol. The number of aliphatic carboxylic acids is 1. The fourth-order valence-corrected chi connectivity index (χ4v) is 2.04. The Hall–Kier alpha value is -1.67. The maximum absolute atomic E-state index is 13.7. The Balaban J connectivity index is 2.94. The van der Waals surface area contributed by atoms with Crippen LogP contribution < -0.4 is 10.5 Å². The number of nitrogens with one attached hydrogen (secondary N) is 1. The van der Waals surface area contributed by atoms with Crippen molar-refractivity contribution in [3.05, 3.63) is 24.0 Å². The SMILES string of the molecule is CCC(CC(=O)O)Nc1ccc(S(N)(=O)=O)cc1F. The number of hydrogen-bond donors (Lipinski definition) is 3. The van der Waals surface area contributed by atoms with E-state index in [1.54, 1.807) is 6.92 Å². The lowest BCUT2D eigenvalue weighted by molar-refractivity contribution is -0.137. The minimum Gasteiger partial charge on any atom is -0.481 e. The summed E-state index contributed by atoms with van der Waals surface area (Å²) in [4.78, 5) is 10.3. The van der Waals surface area contributed by atoms with Gasteiger partial charge >= 0.3 is 5.97 Å². The van der Waals surface area contributed by atoms with Crippen LogP contribution in [-0.2, 0) is 14.8 Å². The summed E-state index contributed by atoms with van der Waals surface area (Å²) >= 11 is 0. The molecule has 0 fully saturated rings. The smallest absolute Gasteiger partial charge is 0.305 e. The summed E-state index contributed by atoms with van der Waals surface area (Å²) in [5, 5.41) is 16.3. The standard InChI is InChI=1S/C11H15FN2O4S/c1-2-7(5-11(15)16)14-10-4-3-8(6-9(10)12)19(13,17)18/h3-4,6-7,14H,2,5H2,1H3,(H,15,16)(H2,13,17,18). The van der Waals surface area contributed by atoms with E-state index < -0.39 is 27.9 Å². The van der Waals surface area contributed by atoms with E-state index in [0.29, 0.717) is 6.42 Å². The Morgan fingerprint density at radius 3 is 2.58 bits per heavy atom. The van der Waals surface area contributed by atoms with Crippen LogP contribution in [0, 0.1) is 5.82 Å². The van der Waals surface area contributed by atoms with E-state index in [1.165, 1.54) is 6.07 Å². The lowest BCUT2D eigenvalue weighted by Crippen LogP contribution is -2.23. The Morgan fingerprint density at radius 2 is 2.16 bits per heavy atom. The van der Waals surface area contributed by atoms with Crippen molar-refractivity contribution in [1.29, 1.82) is 0 Å². The molecule has 19 heavy (non-hydrogen) atoms. The van der Waals surface area contributed by atoms with E-state index >= 15 is 0 Å². The molecular formula is C11H15FN2O4S. The fraction of sp³-hybridized carbons (Fsp3) is 0.364. The number of carboxylic acids is 1. The molecule has 0 aromatic heterocycles. The van der Waals surface area contributed by atoms with Gasteiger partial charge in [-0.15, -0.1) is 0 Å². The Labute approximate surface area is 110 Å². The van der Waals surface area contributed by atoms with Gasteiger partial charge in [0.2, 0.25) is 10.0 Å². The van der Waals surface area contributed by atoms with Crippen molar-refractivity contribution >= 4 is 21.7 Å². The van der Waals surface area contributed by atoms with Crippen LogP contribution in [0.1, 0.15) is 19.8 Å². The molecule has 4 N–H and O–H groups in total. The molecule has 0 amide bonds. The van der Waals surface area contributed by atoms with Crippen molar-refractivity contribution in [3.8, 4) is 0 Å². The van der Waals surface area contributed by atoms with Gasteiger partial charge in [-0.25, -0.2) is 17.9 Å². The molecule has 1 rings (SSSR count). The fourth-order valence-electron chi connectivity index (χ4n) is 1.52. The molecule has 106 valence electrons. The first-order valence-electron chi connectivity index (χ1n) is 5.54. The number of sulfonamides is 1. The van der Waals surface area contributed by atoms with Crippen molar-refractivity contribution in [2.75, 3.05) is 5.32 Å². The molecule has 6 nitrogen and oxygen atoms in total. The molecule has 0 heterocycles. The summed E-state index contributed by atoms with van der Waals surface area (Å²) in [6, 6.07) is 2.74. The van der Waals surface area contributed by atoms with Crippen LogP contribution in [0.25, 0.3) is 0 Å². The lowest BCUT2D eigenvalue weighted by Gasteiger charge is -2.17. The summed E-state index contributed by atoms with van der Waals surface area (Å²) < 4.78 is 35.8. The van der Waals surface area contributed by atoms with E-state index in [-0.39, 0.29) is 17.0 Å². The largest absolute Gasteiger partial charge is 0.481 e. The molecule has 0 bridgehead atoms. The van der Waals surface area contributed by atoms with Gasteiger partial charge in [0.15, 0.2) is 0 Å². The molecule has 0 saturated carbocycles. The van der Waals surface area contributed by atoms with Crippen LogP contribution >= 0.6 is 0 Å². The Kier molecular flexibility index (Phi) is 4.84. The molecule has 1 atom stereocenters. The molecule has 8 heteroatoms. The molecule has 0 saturated heterocycles. The number of nitrogens with two attached hydrogens (primary N) is 1. The zero-order valence-corrected chi connectivity index (χ0v) is 11.1. The second kappa shape index (κ2) is 5.98. The summed E-state index contributed by atoms with van der Waals surface area (Å²) in [6.07, 6.45) is 0.329. The maximum atomic E-state index is 13.7. The average molecular weight is 290 g/mol. The van der Waals surface area contributed by atoms with Gasteiger partial charge in [0.05, 0.1) is 17.0 Å². The number of carbonyl (C=O) groups is 1. The number of benzene rings is 1. The molecule has 0 aliphatic rings. The third-order valence-corrected chi connectivity index (χ3v) is 3.45. The van der Waals surface area contributed by atoms with Gasteiger partial charge in [0.25, 0.3) is 0 Å². The summed E-state index contributed by atoms with van der Waals surface area (Å²) in [5.41, 5.74) is 0.0421. The van der Waals surface area contributed by atoms with E-state index in [0.717, 1.165) is 12.1 Å². The first-order chi connectivity index (χ1) is 8.74. The number of hydrogen-bond acceptors (Lipinski definition) is 4. The van der Waals surface area contributed by atoms with E-state index in [1.807, 2.05) is 0 Å². The number of halogens is 1. The first kappa shape index (κ1) is 15.4. The molecule has 0 radical (unpaired) electrons. The van der Waals surface area contributed by atoms with Crippen molar-refractivity contribution < 1.29 is 22.7 Å². The number of primary sulfonamides is 1. The highest BCUT2D eigenvalue weighted by atomic mass is 32.2. The number of anilines is 1. The van der Waals surface area contributed by atoms with Gasteiger partial charge < -0.3 is 10.4 Å². The predicted octanol–water partition coefficient (Wildman–Crippen LogP) is 1.14. The number of rotatable bonds is 6. The van der Waals surface area contributed by atoms with Gasteiger partial charge in [-0.1, -0.05) is 6.92 Å². The third kappa shape index (κ3) is 4.49. The van der Waals surface area contributed by atoms with Gasteiger partial charge in [-0.3, -0.25) is 4.79 Å². The van der Waals surface area contributed by atoms with Crippen LogP contribution in [0.15, 0.2) is 23.1 Å². The minimum absolute atomic E-state index is 0.0421. The number of carboxylic acid groups (broad SMARTS) is 1. The topological polar surface area (TPSA) is 109 Å². The minimum atomic E-state index is -3.96. The zero-order valence-electron chi connectivity index (χ0n) is 10.3. The Morgan fingerprint density at radius 1 is 1.53 bits per heavy atom. The summed E-state index contributed by atoms with van der Waals surface area (Å²) in [5.74, 6) is -1.80. The van der Waals surface area contributed by atoms with E-state index in [2.05, 4.69) is 5.32 Å². The molecule has 1 aromatic carbocycles.